The summed E-state index contributed by atoms with van der Waals surface area (Å²) in [5, 5.41) is 3.09. The molecule has 2 rings (SSSR count). The van der Waals surface area contributed by atoms with Gasteiger partial charge in [0.2, 0.25) is 0 Å². The summed E-state index contributed by atoms with van der Waals surface area (Å²) in [6, 6.07) is 12.7. The molecule has 0 spiro atoms. The van der Waals surface area contributed by atoms with Gasteiger partial charge >= 0.3 is 0 Å². The number of rotatable bonds is 5. The maximum atomic E-state index is 11.8. The molecule has 0 saturated heterocycles. The van der Waals surface area contributed by atoms with Crippen molar-refractivity contribution in [2.24, 2.45) is 0 Å². The van der Waals surface area contributed by atoms with E-state index in [2.05, 4.69) is 5.32 Å². The van der Waals surface area contributed by atoms with Gasteiger partial charge in [0.05, 0.1) is 4.90 Å². The van der Waals surface area contributed by atoms with Crippen molar-refractivity contribution < 1.29 is 17.9 Å². The van der Waals surface area contributed by atoms with Crippen molar-refractivity contribution in [2.75, 3.05) is 18.2 Å². The number of ether oxygens (including phenoxy) is 1. The zero-order chi connectivity index (χ0) is 16.2. The Hall–Kier alpha value is -2.05. The molecule has 22 heavy (non-hydrogen) atoms. The molecule has 0 aromatic heterocycles. The van der Waals surface area contributed by atoms with Crippen LogP contribution in [0.2, 0.25) is 5.02 Å². The number of benzene rings is 2. The second-order valence-corrected chi connectivity index (χ2v) is 7.05. The molecule has 0 aliphatic heterocycles. The van der Waals surface area contributed by atoms with Gasteiger partial charge in [0.1, 0.15) is 5.75 Å². The number of sulfone groups is 1. The molecule has 1 amide bonds. The van der Waals surface area contributed by atoms with E-state index in [1.165, 1.54) is 12.1 Å². The maximum Gasteiger partial charge on any atom is 0.262 e. The van der Waals surface area contributed by atoms with Crippen LogP contribution >= 0.6 is 11.6 Å². The van der Waals surface area contributed by atoms with Gasteiger partial charge in [-0.1, -0.05) is 23.7 Å². The number of carbonyl (C=O) groups is 1. The molecule has 5 nitrogen and oxygen atoms in total. The minimum absolute atomic E-state index is 0.140. The predicted molar refractivity (Wildman–Crippen MR) is 85.1 cm³/mol. The smallest absolute Gasteiger partial charge is 0.262 e. The molecule has 0 atom stereocenters. The highest BCUT2D eigenvalue weighted by molar-refractivity contribution is 7.90. The van der Waals surface area contributed by atoms with E-state index in [4.69, 9.17) is 16.3 Å². The van der Waals surface area contributed by atoms with Gasteiger partial charge in [0, 0.05) is 17.0 Å². The topological polar surface area (TPSA) is 72.5 Å². The number of anilines is 1. The van der Waals surface area contributed by atoms with Crippen molar-refractivity contribution in [3.63, 3.8) is 0 Å². The Morgan fingerprint density at radius 2 is 1.91 bits per heavy atom. The summed E-state index contributed by atoms with van der Waals surface area (Å²) < 4.78 is 28.2. The number of halogens is 1. The van der Waals surface area contributed by atoms with Gasteiger partial charge in [0.15, 0.2) is 16.4 Å². The third-order valence-electron chi connectivity index (χ3n) is 2.71. The summed E-state index contributed by atoms with van der Waals surface area (Å²) in [6.07, 6.45) is 1.11. The van der Waals surface area contributed by atoms with Crippen LogP contribution in [0.15, 0.2) is 53.4 Å². The summed E-state index contributed by atoms with van der Waals surface area (Å²) >= 11 is 5.81. The first-order valence-corrected chi connectivity index (χ1v) is 8.60. The molecule has 0 aliphatic carbocycles. The molecular weight excluding hydrogens is 326 g/mol. The van der Waals surface area contributed by atoms with Gasteiger partial charge in [-0.2, -0.15) is 0 Å². The van der Waals surface area contributed by atoms with Gasteiger partial charge in [-0.3, -0.25) is 4.79 Å². The van der Waals surface area contributed by atoms with Crippen molar-refractivity contribution in [3.8, 4) is 5.75 Å². The minimum atomic E-state index is -3.32. The van der Waals surface area contributed by atoms with E-state index in [1.54, 1.807) is 36.4 Å². The number of hydrogen-bond donors (Lipinski definition) is 1. The van der Waals surface area contributed by atoms with E-state index in [1.807, 2.05) is 0 Å². The Kier molecular flexibility index (Phi) is 5.05. The highest BCUT2D eigenvalue weighted by Crippen LogP contribution is 2.18. The SMILES string of the molecule is CS(=O)(=O)c1cccc(NC(=O)COc2cccc(Cl)c2)c1. The lowest BCUT2D eigenvalue weighted by Crippen LogP contribution is -2.20. The highest BCUT2D eigenvalue weighted by atomic mass is 35.5. The number of hydrogen-bond acceptors (Lipinski definition) is 4. The molecule has 0 aliphatic rings. The summed E-state index contributed by atoms with van der Waals surface area (Å²) in [5.41, 5.74) is 0.391. The molecule has 0 heterocycles. The Bertz CT molecular complexity index is 790. The van der Waals surface area contributed by atoms with E-state index in [0.717, 1.165) is 6.26 Å². The molecule has 0 fully saturated rings. The Balaban J connectivity index is 1.98. The first-order chi connectivity index (χ1) is 10.3. The van der Waals surface area contributed by atoms with Gasteiger partial charge in [-0.25, -0.2) is 8.42 Å². The van der Waals surface area contributed by atoms with Gasteiger partial charge in [-0.05, 0) is 36.4 Å². The van der Waals surface area contributed by atoms with E-state index < -0.39 is 15.7 Å². The fourth-order valence-electron chi connectivity index (χ4n) is 1.71. The van der Waals surface area contributed by atoms with Crippen LogP contribution in [0.5, 0.6) is 5.75 Å². The van der Waals surface area contributed by atoms with Crippen LogP contribution in [0.1, 0.15) is 0 Å². The highest BCUT2D eigenvalue weighted by Gasteiger charge is 2.09. The Morgan fingerprint density at radius 1 is 1.18 bits per heavy atom. The molecular formula is C15H14ClNO4S. The predicted octanol–water partition coefficient (Wildman–Crippen LogP) is 2.76. The maximum absolute atomic E-state index is 11.8. The van der Waals surface area contributed by atoms with Crippen molar-refractivity contribution in [1.82, 2.24) is 0 Å². The molecule has 0 saturated carbocycles. The van der Waals surface area contributed by atoms with Crippen molar-refractivity contribution in [1.29, 1.82) is 0 Å². The zero-order valence-electron chi connectivity index (χ0n) is 11.7. The van der Waals surface area contributed by atoms with Crippen LogP contribution in [-0.2, 0) is 14.6 Å². The standard InChI is InChI=1S/C15H14ClNO4S/c1-22(19,20)14-7-3-5-12(9-14)17-15(18)10-21-13-6-2-4-11(16)8-13/h2-9H,10H2,1H3,(H,17,18). The van der Waals surface area contributed by atoms with Crippen LogP contribution in [0, 0.1) is 0 Å². The van der Waals surface area contributed by atoms with Crippen molar-refractivity contribution in [2.45, 2.75) is 4.90 Å². The monoisotopic (exact) mass is 339 g/mol. The molecule has 116 valence electrons. The fraction of sp³-hybridized carbons (Fsp3) is 0.133. The molecule has 0 radical (unpaired) electrons. The Morgan fingerprint density at radius 3 is 2.59 bits per heavy atom. The lowest BCUT2D eigenvalue weighted by atomic mass is 10.3. The van der Waals surface area contributed by atoms with Crippen LogP contribution in [0.3, 0.4) is 0 Å². The van der Waals surface area contributed by atoms with E-state index in [-0.39, 0.29) is 11.5 Å². The van der Waals surface area contributed by atoms with E-state index in [0.29, 0.717) is 16.5 Å². The van der Waals surface area contributed by atoms with E-state index in [9.17, 15) is 13.2 Å². The van der Waals surface area contributed by atoms with Crippen LogP contribution in [0.4, 0.5) is 5.69 Å². The average molecular weight is 340 g/mol. The average Bonchev–Trinajstić information content (AvgIpc) is 2.45. The second kappa shape index (κ2) is 6.81. The molecule has 0 bridgehead atoms. The molecule has 7 heteroatoms. The summed E-state index contributed by atoms with van der Waals surface area (Å²) in [4.78, 5) is 12.0. The first-order valence-electron chi connectivity index (χ1n) is 6.33. The van der Waals surface area contributed by atoms with Gasteiger partial charge in [-0.15, -0.1) is 0 Å². The minimum Gasteiger partial charge on any atom is -0.484 e. The summed E-state index contributed by atoms with van der Waals surface area (Å²) in [7, 11) is -3.32. The largest absolute Gasteiger partial charge is 0.484 e. The molecule has 2 aromatic rings. The zero-order valence-corrected chi connectivity index (χ0v) is 13.3. The number of carbonyl (C=O) groups excluding carboxylic acids is 1. The van der Waals surface area contributed by atoms with Crippen LogP contribution in [0.25, 0.3) is 0 Å². The molecule has 2 aromatic carbocycles. The number of nitrogens with one attached hydrogen (secondary N) is 1. The van der Waals surface area contributed by atoms with E-state index >= 15 is 0 Å². The first kappa shape index (κ1) is 16.3. The third kappa shape index (κ3) is 4.75. The van der Waals surface area contributed by atoms with Gasteiger partial charge < -0.3 is 10.1 Å². The third-order valence-corrected chi connectivity index (χ3v) is 4.06. The molecule has 0 unspecified atom stereocenters. The summed E-state index contributed by atoms with van der Waals surface area (Å²) in [5.74, 6) is 0.0816. The fourth-order valence-corrected chi connectivity index (χ4v) is 2.55. The van der Waals surface area contributed by atoms with Crippen LogP contribution in [-0.4, -0.2) is 27.2 Å². The number of amides is 1. The molecule has 1 N–H and O–H groups in total. The summed E-state index contributed by atoms with van der Waals surface area (Å²) in [6.45, 7) is -0.205. The lowest BCUT2D eigenvalue weighted by Gasteiger charge is -2.08. The van der Waals surface area contributed by atoms with Crippen molar-refractivity contribution in [3.05, 3.63) is 53.6 Å². The van der Waals surface area contributed by atoms with Crippen molar-refractivity contribution >= 4 is 33.0 Å². The quantitative estimate of drug-likeness (QED) is 0.909. The normalized spacial score (nSPS) is 11.0. The van der Waals surface area contributed by atoms with Gasteiger partial charge in [0.25, 0.3) is 5.91 Å². The second-order valence-electron chi connectivity index (χ2n) is 4.59. The Labute approximate surface area is 133 Å². The lowest BCUT2D eigenvalue weighted by molar-refractivity contribution is -0.118. The van der Waals surface area contributed by atoms with Crippen LogP contribution < -0.4 is 10.1 Å².